The Morgan fingerprint density at radius 1 is 1.21 bits per heavy atom. The molecule has 4 heterocycles. The molecule has 0 radical (unpaired) electrons. The van der Waals surface area contributed by atoms with Gasteiger partial charge in [-0.15, -0.1) is 11.3 Å². The Morgan fingerprint density at radius 2 is 2.03 bits per heavy atom. The summed E-state index contributed by atoms with van der Waals surface area (Å²) < 4.78 is 2.90. The number of fused-ring (bicyclic) bond motifs is 2. The molecule has 1 N–H and O–H groups in total. The van der Waals surface area contributed by atoms with Crippen molar-refractivity contribution in [2.24, 2.45) is 0 Å². The van der Waals surface area contributed by atoms with Crippen LogP contribution in [0.3, 0.4) is 0 Å². The zero-order valence-corrected chi connectivity index (χ0v) is 18.8. The molecule has 10 heteroatoms. The van der Waals surface area contributed by atoms with Gasteiger partial charge in [-0.05, 0) is 6.42 Å². The zero-order valence-electron chi connectivity index (χ0n) is 18.0. The van der Waals surface area contributed by atoms with Crippen molar-refractivity contribution in [3.05, 3.63) is 69.6 Å². The maximum absolute atomic E-state index is 13.3. The highest BCUT2D eigenvalue weighted by atomic mass is 32.1. The van der Waals surface area contributed by atoms with Crippen molar-refractivity contribution in [3.63, 3.8) is 0 Å². The summed E-state index contributed by atoms with van der Waals surface area (Å²) in [6.07, 6.45) is 3.38. The summed E-state index contributed by atoms with van der Waals surface area (Å²) in [6, 6.07) is 11.2. The number of amides is 2. The predicted octanol–water partition coefficient (Wildman–Crippen LogP) is 3.01. The second-order valence-corrected chi connectivity index (χ2v) is 8.74. The number of rotatable bonds is 7. The van der Waals surface area contributed by atoms with Gasteiger partial charge in [0.25, 0.3) is 11.5 Å². The number of nitrogens with zero attached hydrogens (tertiary/aromatic N) is 5. The minimum atomic E-state index is -0.333. The first-order valence-corrected chi connectivity index (χ1v) is 11.6. The highest BCUT2D eigenvalue weighted by Crippen LogP contribution is 2.25. The van der Waals surface area contributed by atoms with Crippen molar-refractivity contribution in [2.75, 3.05) is 11.9 Å². The lowest BCUT2D eigenvalue weighted by molar-refractivity contribution is -0.116. The monoisotopic (exact) mass is 462 g/mol. The van der Waals surface area contributed by atoms with E-state index in [-0.39, 0.29) is 36.2 Å². The largest absolute Gasteiger partial charge is 0.333 e. The van der Waals surface area contributed by atoms with Crippen LogP contribution in [0.4, 0.5) is 5.13 Å². The normalized spacial score (nSPS) is 13.0. The van der Waals surface area contributed by atoms with Crippen LogP contribution >= 0.6 is 11.3 Å². The fraction of sp³-hybridized carbons (Fsp3) is 0.261. The first-order valence-electron chi connectivity index (χ1n) is 10.8. The van der Waals surface area contributed by atoms with Crippen LogP contribution in [0.25, 0.3) is 16.9 Å². The molecule has 2 amide bonds. The molecule has 9 nitrogen and oxygen atoms in total. The number of unbranched alkanes of at least 4 members (excludes halogenated alkanes) is 1. The molecule has 33 heavy (non-hydrogen) atoms. The van der Waals surface area contributed by atoms with E-state index in [0.717, 1.165) is 18.4 Å². The summed E-state index contributed by atoms with van der Waals surface area (Å²) in [5.74, 6) is -0.567. The minimum Gasteiger partial charge on any atom is -0.333 e. The van der Waals surface area contributed by atoms with Crippen LogP contribution in [0.5, 0.6) is 0 Å². The molecule has 168 valence electrons. The van der Waals surface area contributed by atoms with Crippen molar-refractivity contribution in [3.8, 4) is 11.3 Å². The molecule has 1 aromatic carbocycles. The average Bonchev–Trinajstić information content (AvgIpc) is 3.56. The molecule has 0 spiro atoms. The smallest absolute Gasteiger partial charge is 0.280 e. The number of hydrogen-bond donors (Lipinski definition) is 1. The lowest BCUT2D eigenvalue weighted by Crippen LogP contribution is -2.30. The van der Waals surface area contributed by atoms with E-state index in [0.29, 0.717) is 28.6 Å². The molecule has 3 aromatic heterocycles. The molecule has 0 atom stereocenters. The van der Waals surface area contributed by atoms with Gasteiger partial charge >= 0.3 is 0 Å². The van der Waals surface area contributed by atoms with Gasteiger partial charge in [-0.1, -0.05) is 43.7 Å². The van der Waals surface area contributed by atoms with Gasteiger partial charge < -0.3 is 14.8 Å². The van der Waals surface area contributed by atoms with Crippen LogP contribution in [-0.4, -0.2) is 42.4 Å². The number of thiazole rings is 1. The van der Waals surface area contributed by atoms with Gasteiger partial charge in [0.15, 0.2) is 5.13 Å². The molecular formula is C23H22N6O3S. The van der Waals surface area contributed by atoms with E-state index < -0.39 is 0 Å². The van der Waals surface area contributed by atoms with Gasteiger partial charge in [-0.3, -0.25) is 14.4 Å². The van der Waals surface area contributed by atoms with Crippen molar-refractivity contribution >= 4 is 33.9 Å². The second-order valence-electron chi connectivity index (χ2n) is 7.85. The molecule has 0 saturated carbocycles. The Kier molecular flexibility index (Phi) is 5.51. The van der Waals surface area contributed by atoms with Crippen LogP contribution in [0, 0.1) is 0 Å². The predicted molar refractivity (Wildman–Crippen MR) is 125 cm³/mol. The molecule has 1 aliphatic rings. The standard InChI is InChI=1S/C23H22N6O3S/c1-2-3-10-27-13-16-20(22(27)32)28(14-18(30)25-23-24-9-11-33-23)19-12-17(26-29(19)21(16)31)15-7-5-4-6-8-15/h4-9,11-12H,2-3,10,13-14H2,1H3,(H,24,25,30). The SMILES string of the molecule is CCCCN1Cc2c(n(CC(=O)Nc3nccs3)c3cc(-c4ccccc4)nn3c2=O)C1=O. The lowest BCUT2D eigenvalue weighted by Gasteiger charge is -2.15. The van der Waals surface area contributed by atoms with E-state index in [9.17, 15) is 14.4 Å². The first-order chi connectivity index (χ1) is 16.1. The van der Waals surface area contributed by atoms with Crippen LogP contribution in [0.2, 0.25) is 0 Å². The molecule has 0 bridgehead atoms. The zero-order chi connectivity index (χ0) is 22.9. The van der Waals surface area contributed by atoms with Gasteiger partial charge in [0.05, 0.1) is 17.8 Å². The van der Waals surface area contributed by atoms with Gasteiger partial charge in [0, 0.05) is 29.8 Å². The summed E-state index contributed by atoms with van der Waals surface area (Å²) >= 11 is 1.31. The van der Waals surface area contributed by atoms with E-state index in [1.165, 1.54) is 15.9 Å². The molecule has 5 rings (SSSR count). The Labute approximate surface area is 193 Å². The molecule has 0 saturated heterocycles. The third kappa shape index (κ3) is 3.82. The van der Waals surface area contributed by atoms with Gasteiger partial charge in [0.2, 0.25) is 5.91 Å². The van der Waals surface area contributed by atoms with E-state index in [4.69, 9.17) is 0 Å². The average molecular weight is 463 g/mol. The first kappa shape index (κ1) is 21.1. The van der Waals surface area contributed by atoms with E-state index in [1.807, 2.05) is 30.3 Å². The van der Waals surface area contributed by atoms with Gasteiger partial charge in [-0.25, -0.2) is 4.98 Å². The maximum atomic E-state index is 13.3. The molecule has 1 aliphatic heterocycles. The Bertz CT molecular complexity index is 1390. The number of carbonyl (C=O) groups is 2. The summed E-state index contributed by atoms with van der Waals surface area (Å²) in [4.78, 5) is 45.2. The Balaban J connectivity index is 1.63. The highest BCUT2D eigenvalue weighted by molar-refractivity contribution is 7.13. The van der Waals surface area contributed by atoms with E-state index >= 15 is 0 Å². The summed E-state index contributed by atoms with van der Waals surface area (Å²) in [7, 11) is 0. The van der Waals surface area contributed by atoms with Gasteiger partial charge in [-0.2, -0.15) is 9.61 Å². The van der Waals surface area contributed by atoms with E-state index in [1.54, 1.807) is 27.1 Å². The number of benzene rings is 1. The Morgan fingerprint density at radius 3 is 2.76 bits per heavy atom. The van der Waals surface area contributed by atoms with Crippen LogP contribution in [0.1, 0.15) is 35.8 Å². The third-order valence-electron chi connectivity index (χ3n) is 5.64. The summed E-state index contributed by atoms with van der Waals surface area (Å²) in [6.45, 7) is 2.69. The van der Waals surface area contributed by atoms with Crippen molar-refractivity contribution in [1.29, 1.82) is 0 Å². The molecule has 0 fully saturated rings. The second kappa shape index (κ2) is 8.62. The van der Waals surface area contributed by atoms with E-state index in [2.05, 4.69) is 22.3 Å². The van der Waals surface area contributed by atoms with Gasteiger partial charge in [0.1, 0.15) is 17.9 Å². The summed E-state index contributed by atoms with van der Waals surface area (Å²) in [5.41, 5.74) is 2.14. The van der Waals surface area contributed by atoms with Crippen LogP contribution in [0.15, 0.2) is 52.8 Å². The number of nitrogens with one attached hydrogen (secondary N) is 1. The molecular weight excluding hydrogens is 440 g/mol. The topological polar surface area (TPSA) is 102 Å². The lowest BCUT2D eigenvalue weighted by atomic mass is 10.1. The van der Waals surface area contributed by atoms with Crippen molar-refractivity contribution in [1.82, 2.24) is 24.1 Å². The minimum absolute atomic E-state index is 0.140. The molecule has 4 aromatic rings. The van der Waals surface area contributed by atoms with Crippen molar-refractivity contribution in [2.45, 2.75) is 32.9 Å². The molecule has 0 aliphatic carbocycles. The fourth-order valence-corrected chi connectivity index (χ4v) is 4.59. The maximum Gasteiger partial charge on any atom is 0.280 e. The Hall–Kier alpha value is -3.79. The summed E-state index contributed by atoms with van der Waals surface area (Å²) in [5, 5.41) is 9.52. The number of carbonyl (C=O) groups excluding carboxylic acids is 2. The highest BCUT2D eigenvalue weighted by Gasteiger charge is 2.35. The number of anilines is 1. The number of aromatic nitrogens is 4. The third-order valence-corrected chi connectivity index (χ3v) is 6.33. The molecule has 0 unspecified atom stereocenters. The fourth-order valence-electron chi connectivity index (χ4n) is 4.05. The number of hydrogen-bond acceptors (Lipinski definition) is 6. The van der Waals surface area contributed by atoms with Crippen LogP contribution < -0.4 is 10.9 Å². The van der Waals surface area contributed by atoms with Crippen molar-refractivity contribution < 1.29 is 9.59 Å². The quantitative estimate of drug-likeness (QED) is 0.455. The van der Waals surface area contributed by atoms with Crippen LogP contribution in [-0.2, 0) is 17.9 Å².